The lowest BCUT2D eigenvalue weighted by atomic mass is 10.0. The van der Waals surface area contributed by atoms with Crippen molar-refractivity contribution in [2.45, 2.75) is 58.2 Å². The zero-order valence-corrected chi connectivity index (χ0v) is 24.9. The summed E-state index contributed by atoms with van der Waals surface area (Å²) in [5.41, 5.74) is -0.705. The molecule has 3 atom stereocenters. The van der Waals surface area contributed by atoms with Crippen LogP contribution in [0.2, 0.25) is 0 Å². The Labute approximate surface area is 257 Å². The van der Waals surface area contributed by atoms with Crippen LogP contribution in [0.5, 0.6) is 0 Å². The third kappa shape index (κ3) is 6.59. The maximum Gasteiger partial charge on any atom is 0.345 e. The highest BCUT2D eigenvalue weighted by Gasteiger charge is 2.22. The zero-order valence-electron chi connectivity index (χ0n) is 24.9. The van der Waals surface area contributed by atoms with E-state index in [2.05, 4.69) is 15.0 Å². The number of aliphatic imine (C=N–C) groups is 3. The number of rotatable bonds is 12. The minimum absolute atomic E-state index is 0.144. The Balaban J connectivity index is 2.11. The van der Waals surface area contributed by atoms with Crippen molar-refractivity contribution in [2.24, 2.45) is 15.0 Å². The van der Waals surface area contributed by atoms with E-state index in [0.29, 0.717) is 36.0 Å². The van der Waals surface area contributed by atoms with E-state index in [1.807, 2.05) is 20.8 Å². The molecule has 1 aromatic heterocycles. The molecule has 0 amide bonds. The summed E-state index contributed by atoms with van der Waals surface area (Å²) in [6.45, 7) is 5.48. The molecule has 12 heteroatoms. The number of hydrogen-bond donors (Lipinski definition) is 0. The minimum Gasteiger partial charge on any atom is -0.246 e. The maximum absolute atomic E-state index is 14.1. The standard InChI is InChI=1S/C33H30N6O6/c1-4-28(34-19-40)22-10-7-13-25(16-22)37-31(43)38(26-14-8-11-23(17-26)29(5-2)35-20-41)33(45)39(32(37)44)27-15-9-12-24(18-27)30(6-3)36-21-42/h7-18,28-30H,4-6H2,1-3H3. The molecule has 228 valence electrons. The third-order valence-corrected chi connectivity index (χ3v) is 7.47. The second kappa shape index (κ2) is 14.6. The van der Waals surface area contributed by atoms with Crippen molar-refractivity contribution in [1.29, 1.82) is 0 Å². The molecule has 1 heterocycles. The van der Waals surface area contributed by atoms with Crippen LogP contribution < -0.4 is 17.1 Å². The van der Waals surface area contributed by atoms with Crippen LogP contribution in [-0.2, 0) is 14.4 Å². The fourth-order valence-electron chi connectivity index (χ4n) is 5.22. The summed E-state index contributed by atoms with van der Waals surface area (Å²) in [4.78, 5) is 87.0. The molecule has 0 saturated carbocycles. The largest absolute Gasteiger partial charge is 0.345 e. The van der Waals surface area contributed by atoms with Crippen LogP contribution in [-0.4, -0.2) is 31.9 Å². The van der Waals surface area contributed by atoms with E-state index >= 15 is 0 Å². The van der Waals surface area contributed by atoms with Gasteiger partial charge < -0.3 is 0 Å². The van der Waals surface area contributed by atoms with E-state index < -0.39 is 35.2 Å². The normalized spacial score (nSPS) is 12.6. The summed E-state index contributed by atoms with van der Waals surface area (Å²) in [7, 11) is 0. The molecule has 0 N–H and O–H groups in total. The van der Waals surface area contributed by atoms with Gasteiger partial charge in [-0.1, -0.05) is 57.2 Å². The van der Waals surface area contributed by atoms with Gasteiger partial charge in [-0.15, -0.1) is 0 Å². The summed E-state index contributed by atoms with van der Waals surface area (Å²) < 4.78 is 2.59. The molecule has 0 bridgehead atoms. The molecular formula is C33H30N6O6. The van der Waals surface area contributed by atoms with Gasteiger partial charge in [0, 0.05) is 0 Å². The average Bonchev–Trinajstić information content (AvgIpc) is 3.05. The van der Waals surface area contributed by atoms with E-state index in [-0.39, 0.29) is 17.1 Å². The van der Waals surface area contributed by atoms with Gasteiger partial charge in [-0.3, -0.25) is 0 Å². The Morgan fingerprint density at radius 2 is 0.778 bits per heavy atom. The number of carbonyl (C=O) groups excluding carboxylic acids is 3. The molecule has 0 aliphatic heterocycles. The molecular weight excluding hydrogens is 576 g/mol. The molecule has 0 saturated heterocycles. The van der Waals surface area contributed by atoms with Crippen molar-refractivity contribution in [3.8, 4) is 17.1 Å². The number of aromatic nitrogens is 3. The van der Waals surface area contributed by atoms with Gasteiger partial charge in [-0.25, -0.2) is 42.5 Å². The third-order valence-electron chi connectivity index (χ3n) is 7.47. The smallest absolute Gasteiger partial charge is 0.246 e. The first-order valence-corrected chi connectivity index (χ1v) is 14.4. The number of isocyanates is 3. The van der Waals surface area contributed by atoms with Gasteiger partial charge in [0.25, 0.3) is 0 Å². The first kappa shape index (κ1) is 32.1. The second-order valence-electron chi connectivity index (χ2n) is 10.1. The van der Waals surface area contributed by atoms with Crippen LogP contribution in [0.3, 0.4) is 0 Å². The summed E-state index contributed by atoms with van der Waals surface area (Å²) in [6.07, 6.45) is 6.04. The molecule has 0 aliphatic rings. The predicted octanol–water partition coefficient (Wildman–Crippen LogP) is 4.50. The second-order valence-corrected chi connectivity index (χ2v) is 10.1. The van der Waals surface area contributed by atoms with Crippen LogP contribution in [0, 0.1) is 0 Å². The van der Waals surface area contributed by atoms with E-state index in [9.17, 15) is 28.8 Å². The number of benzene rings is 3. The fraction of sp³-hybridized carbons (Fsp3) is 0.273. The Bertz CT molecular complexity index is 1780. The monoisotopic (exact) mass is 606 g/mol. The Morgan fingerprint density at radius 1 is 0.511 bits per heavy atom. The molecule has 0 fully saturated rings. The van der Waals surface area contributed by atoms with Gasteiger partial charge in [0.2, 0.25) is 18.2 Å². The summed E-state index contributed by atoms with van der Waals surface area (Å²) in [5.74, 6) is 0. The summed E-state index contributed by atoms with van der Waals surface area (Å²) in [5, 5.41) is 0. The molecule has 12 nitrogen and oxygen atoms in total. The highest BCUT2D eigenvalue weighted by molar-refractivity contribution is 5.44. The topological polar surface area (TPSA) is 154 Å². The first-order valence-electron chi connectivity index (χ1n) is 14.4. The van der Waals surface area contributed by atoms with Crippen molar-refractivity contribution >= 4 is 18.2 Å². The highest BCUT2D eigenvalue weighted by Crippen LogP contribution is 2.25. The van der Waals surface area contributed by atoms with E-state index in [4.69, 9.17) is 0 Å². The number of hydrogen-bond acceptors (Lipinski definition) is 9. The van der Waals surface area contributed by atoms with Gasteiger partial charge in [-0.05, 0) is 72.4 Å². The van der Waals surface area contributed by atoms with Crippen molar-refractivity contribution in [3.63, 3.8) is 0 Å². The number of nitrogens with zero attached hydrogens (tertiary/aromatic N) is 6. The quantitative estimate of drug-likeness (QED) is 0.171. The fourth-order valence-corrected chi connectivity index (χ4v) is 5.22. The van der Waals surface area contributed by atoms with Crippen molar-refractivity contribution in [3.05, 3.63) is 121 Å². The van der Waals surface area contributed by atoms with Gasteiger partial charge in [0.1, 0.15) is 0 Å². The SMILES string of the molecule is CCC(N=C=O)c1cccc(-n2c(=O)n(-c3cccc(C(CC)N=C=O)c3)c(=O)n(-c3cccc(C(CC)N=C=O)c3)c2=O)c1. The van der Waals surface area contributed by atoms with Crippen LogP contribution in [0.15, 0.2) is 102 Å². The van der Waals surface area contributed by atoms with Crippen molar-refractivity contribution in [1.82, 2.24) is 13.7 Å². The molecule has 45 heavy (non-hydrogen) atoms. The minimum atomic E-state index is -0.942. The average molecular weight is 607 g/mol. The van der Waals surface area contributed by atoms with Crippen molar-refractivity contribution in [2.75, 3.05) is 0 Å². The van der Waals surface area contributed by atoms with Gasteiger partial charge in [-0.2, -0.15) is 15.0 Å². The summed E-state index contributed by atoms with van der Waals surface area (Å²) in [6, 6.07) is 17.6. The van der Waals surface area contributed by atoms with E-state index in [1.54, 1.807) is 72.8 Å². The molecule has 4 rings (SSSR count). The first-order chi connectivity index (χ1) is 21.8. The zero-order chi connectivity index (χ0) is 32.5. The van der Waals surface area contributed by atoms with Gasteiger partial charge >= 0.3 is 17.1 Å². The van der Waals surface area contributed by atoms with Crippen molar-refractivity contribution < 1.29 is 14.4 Å². The van der Waals surface area contributed by atoms with Gasteiger partial charge in [0.05, 0.1) is 35.2 Å². The van der Waals surface area contributed by atoms with E-state index in [1.165, 1.54) is 18.2 Å². The lowest BCUT2D eigenvalue weighted by molar-refractivity contribution is 0.555. The highest BCUT2D eigenvalue weighted by atomic mass is 16.2. The van der Waals surface area contributed by atoms with E-state index in [0.717, 1.165) is 13.7 Å². The predicted molar refractivity (Wildman–Crippen MR) is 167 cm³/mol. The molecule has 3 aromatic carbocycles. The maximum atomic E-state index is 14.1. The molecule has 0 spiro atoms. The summed E-state index contributed by atoms with van der Waals surface area (Å²) >= 11 is 0. The van der Waals surface area contributed by atoms with Crippen LogP contribution in [0.25, 0.3) is 17.1 Å². The Hall–Kier alpha value is -5.79. The Kier molecular flexibility index (Phi) is 10.4. The molecule has 3 unspecified atom stereocenters. The molecule has 0 aliphatic carbocycles. The molecule has 0 radical (unpaired) electrons. The lowest BCUT2D eigenvalue weighted by Crippen LogP contribution is -2.52. The van der Waals surface area contributed by atoms with Crippen LogP contribution in [0.1, 0.15) is 74.8 Å². The van der Waals surface area contributed by atoms with Crippen LogP contribution in [0.4, 0.5) is 0 Å². The lowest BCUT2D eigenvalue weighted by Gasteiger charge is -2.17. The van der Waals surface area contributed by atoms with Crippen LogP contribution >= 0.6 is 0 Å². The Morgan fingerprint density at radius 3 is 1.00 bits per heavy atom. The van der Waals surface area contributed by atoms with Gasteiger partial charge in [0.15, 0.2) is 0 Å². The molecule has 4 aromatic rings.